The molecule has 6 heteroatoms. The minimum atomic E-state index is -1.39. The third-order valence-electron chi connectivity index (χ3n) is 5.94. The summed E-state index contributed by atoms with van der Waals surface area (Å²) >= 11 is 0. The van der Waals surface area contributed by atoms with Gasteiger partial charge >= 0.3 is 0 Å². The van der Waals surface area contributed by atoms with Crippen molar-refractivity contribution in [2.75, 3.05) is 0 Å². The highest BCUT2D eigenvalue weighted by Crippen LogP contribution is 2.36. The highest BCUT2D eigenvalue weighted by molar-refractivity contribution is 6.80. The van der Waals surface area contributed by atoms with Gasteiger partial charge in [-0.3, -0.25) is 0 Å². The molecule has 1 heterocycles. The fourth-order valence-corrected chi connectivity index (χ4v) is 7.35. The number of aromatic nitrogens is 1. The molecule has 0 saturated carbocycles. The Kier molecular flexibility index (Phi) is 9.32. The Hall–Kier alpha value is -2.00. The van der Waals surface area contributed by atoms with E-state index in [2.05, 4.69) is 127 Å². The van der Waals surface area contributed by atoms with E-state index in [1.807, 2.05) is 0 Å². The first-order valence-corrected chi connectivity index (χ1v) is 16.3. The van der Waals surface area contributed by atoms with Crippen molar-refractivity contribution in [3.8, 4) is 0 Å². The van der Waals surface area contributed by atoms with Gasteiger partial charge in [-0.15, -0.1) is 0 Å². The van der Waals surface area contributed by atoms with Crippen molar-refractivity contribution < 1.29 is 13.4 Å². The number of benzene rings is 2. The molecule has 2 radical (unpaired) electrons. The lowest BCUT2D eigenvalue weighted by molar-refractivity contribution is 0.0779. The van der Waals surface area contributed by atoms with Gasteiger partial charge in [0.2, 0.25) is 9.04 Å². The zero-order valence-electron chi connectivity index (χ0n) is 22.6. The first-order chi connectivity index (χ1) is 16.4. The van der Waals surface area contributed by atoms with Crippen LogP contribution in [0.2, 0.25) is 13.1 Å². The zero-order valence-corrected chi connectivity index (χ0v) is 24.6. The predicted molar refractivity (Wildman–Crippen MR) is 148 cm³/mol. The molecule has 4 nitrogen and oxygen atoms in total. The fourth-order valence-electron chi connectivity index (χ4n) is 4.05. The summed E-state index contributed by atoms with van der Waals surface area (Å²) in [6.07, 6.45) is 1.65. The van der Waals surface area contributed by atoms with Gasteiger partial charge in [-0.2, -0.15) is 0 Å². The summed E-state index contributed by atoms with van der Waals surface area (Å²) in [5.74, 6) is 0.893. The Morgan fingerprint density at radius 2 is 1.34 bits per heavy atom. The van der Waals surface area contributed by atoms with Crippen LogP contribution in [0.25, 0.3) is 0 Å². The number of hydrogen-bond donors (Lipinski definition) is 0. The highest BCUT2D eigenvalue weighted by Gasteiger charge is 2.33. The predicted octanol–water partition coefficient (Wildman–Crippen LogP) is 6.20. The van der Waals surface area contributed by atoms with Crippen molar-refractivity contribution in [3.05, 3.63) is 78.2 Å². The number of rotatable bonds is 10. The Labute approximate surface area is 215 Å². The molecule has 0 amide bonds. The molecular weight excluding hydrogens is 466 g/mol. The highest BCUT2D eigenvalue weighted by atomic mass is 28.3. The van der Waals surface area contributed by atoms with Gasteiger partial charge in [-0.25, -0.2) is 0 Å². The molecule has 35 heavy (non-hydrogen) atoms. The van der Waals surface area contributed by atoms with E-state index in [4.69, 9.17) is 13.4 Å². The van der Waals surface area contributed by atoms with Crippen molar-refractivity contribution in [1.29, 1.82) is 0 Å². The van der Waals surface area contributed by atoms with Crippen molar-refractivity contribution in [2.24, 2.45) is 10.8 Å². The average molecular weight is 508 g/mol. The molecule has 188 valence electrons. The minimum Gasteiger partial charge on any atom is -0.408 e. The SMILES string of the molecule is C[Si](C)OC(c1cc(CCC(O[Si](c2ccccc2)c2ccccc2)C(C)(C)C)on1)C(C)(C)C. The van der Waals surface area contributed by atoms with Crippen LogP contribution < -0.4 is 10.4 Å². The van der Waals surface area contributed by atoms with Crippen LogP contribution in [0.3, 0.4) is 0 Å². The summed E-state index contributed by atoms with van der Waals surface area (Å²) in [5.41, 5.74) is 0.835. The van der Waals surface area contributed by atoms with Crippen LogP contribution in [0.1, 0.15) is 65.5 Å². The summed E-state index contributed by atoms with van der Waals surface area (Å²) in [4.78, 5) is 0. The van der Waals surface area contributed by atoms with Crippen molar-refractivity contribution >= 4 is 28.5 Å². The molecule has 0 N–H and O–H groups in total. The summed E-state index contributed by atoms with van der Waals surface area (Å²) in [6, 6.07) is 23.4. The van der Waals surface area contributed by atoms with Gasteiger partial charge in [0.1, 0.15) is 11.5 Å². The Morgan fingerprint density at radius 3 is 1.80 bits per heavy atom. The van der Waals surface area contributed by atoms with Gasteiger partial charge in [0.05, 0.1) is 12.2 Å². The Balaban J connectivity index is 1.79. The van der Waals surface area contributed by atoms with Gasteiger partial charge in [0, 0.05) is 12.5 Å². The van der Waals surface area contributed by atoms with Crippen LogP contribution in [0, 0.1) is 10.8 Å². The van der Waals surface area contributed by atoms with E-state index in [0.717, 1.165) is 24.3 Å². The van der Waals surface area contributed by atoms with E-state index in [1.54, 1.807) is 0 Å². The second-order valence-corrected chi connectivity index (χ2v) is 15.7. The molecule has 0 aliphatic carbocycles. The normalized spacial score (nSPS) is 14.5. The summed E-state index contributed by atoms with van der Waals surface area (Å²) in [5, 5.41) is 6.95. The van der Waals surface area contributed by atoms with Crippen LogP contribution >= 0.6 is 0 Å². The maximum Gasteiger partial charge on any atom is 0.283 e. The van der Waals surface area contributed by atoms with Gasteiger partial charge in [-0.1, -0.05) is 107 Å². The largest absolute Gasteiger partial charge is 0.408 e. The summed E-state index contributed by atoms with van der Waals surface area (Å²) in [7, 11) is -2.25. The Morgan fingerprint density at radius 1 is 0.800 bits per heavy atom. The molecule has 0 fully saturated rings. The average Bonchev–Trinajstić information content (AvgIpc) is 3.25. The standard InChI is InChI=1S/C29H41NO3Si2/c1-28(2,3)26(32-35(23-15-11-9-12-16-23)24-17-13-10-14-18-24)20-19-22-21-25(30-31-22)27(29(4,5)6)33-34(7)8/h9-18,21,26-27H,19-20H2,1-8H3. The molecule has 2 unspecified atom stereocenters. The van der Waals surface area contributed by atoms with Gasteiger partial charge in [-0.05, 0) is 40.7 Å². The third kappa shape index (κ3) is 8.00. The molecule has 0 aliphatic rings. The molecule has 0 spiro atoms. The molecule has 0 bridgehead atoms. The smallest absolute Gasteiger partial charge is 0.283 e. The van der Waals surface area contributed by atoms with E-state index < -0.39 is 18.1 Å². The number of aryl methyl sites for hydroxylation is 1. The first-order valence-electron chi connectivity index (χ1n) is 12.5. The number of hydrogen-bond acceptors (Lipinski definition) is 4. The summed E-state index contributed by atoms with van der Waals surface area (Å²) in [6.45, 7) is 17.7. The van der Waals surface area contributed by atoms with E-state index in [-0.39, 0.29) is 23.0 Å². The monoisotopic (exact) mass is 507 g/mol. The molecule has 0 saturated heterocycles. The Bertz CT molecular complexity index is 984. The van der Waals surface area contributed by atoms with Crippen LogP contribution in [-0.4, -0.2) is 29.3 Å². The molecule has 1 aromatic heterocycles. The quantitative estimate of drug-likeness (QED) is 0.307. The van der Waals surface area contributed by atoms with E-state index >= 15 is 0 Å². The minimum absolute atomic E-state index is 0.0128. The van der Waals surface area contributed by atoms with Crippen LogP contribution in [0.5, 0.6) is 0 Å². The van der Waals surface area contributed by atoms with E-state index in [0.29, 0.717) is 0 Å². The van der Waals surface area contributed by atoms with Crippen molar-refractivity contribution in [3.63, 3.8) is 0 Å². The lowest BCUT2D eigenvalue weighted by Gasteiger charge is -2.34. The molecule has 2 atom stereocenters. The molecule has 3 aromatic rings. The van der Waals surface area contributed by atoms with Crippen LogP contribution in [0.15, 0.2) is 71.3 Å². The van der Waals surface area contributed by atoms with Crippen molar-refractivity contribution in [2.45, 2.75) is 79.7 Å². The van der Waals surface area contributed by atoms with Gasteiger partial charge in [0.25, 0.3) is 9.04 Å². The molecule has 0 aliphatic heterocycles. The van der Waals surface area contributed by atoms with E-state index in [1.165, 1.54) is 10.4 Å². The van der Waals surface area contributed by atoms with Gasteiger partial charge < -0.3 is 13.4 Å². The second kappa shape index (κ2) is 11.8. The zero-order chi connectivity index (χ0) is 25.6. The van der Waals surface area contributed by atoms with Gasteiger partial charge in [0.15, 0.2) is 0 Å². The van der Waals surface area contributed by atoms with Crippen LogP contribution in [-0.2, 0) is 15.3 Å². The van der Waals surface area contributed by atoms with Crippen molar-refractivity contribution in [1.82, 2.24) is 5.16 Å². The maximum atomic E-state index is 6.99. The molecule has 3 rings (SSSR count). The second-order valence-electron chi connectivity index (χ2n) is 11.6. The number of nitrogens with zero attached hydrogens (tertiary/aromatic N) is 1. The maximum absolute atomic E-state index is 6.99. The van der Waals surface area contributed by atoms with E-state index in [9.17, 15) is 0 Å². The summed E-state index contributed by atoms with van der Waals surface area (Å²) < 4.78 is 19.1. The fraction of sp³-hybridized carbons (Fsp3) is 0.483. The lowest BCUT2D eigenvalue weighted by atomic mass is 9.86. The molecule has 2 aromatic carbocycles. The first kappa shape index (κ1) is 27.6. The topological polar surface area (TPSA) is 44.5 Å². The third-order valence-corrected chi connectivity index (χ3v) is 8.88. The lowest BCUT2D eigenvalue weighted by Crippen LogP contribution is -2.49. The van der Waals surface area contributed by atoms with Crippen LogP contribution in [0.4, 0.5) is 0 Å². The molecular formula is C29H41NO3Si2.